The van der Waals surface area contributed by atoms with Gasteiger partial charge in [0.25, 0.3) is 10.0 Å². The van der Waals surface area contributed by atoms with Crippen LogP contribution in [0.25, 0.3) is 0 Å². The molecule has 10 nitrogen and oxygen atoms in total. The second-order valence-electron chi connectivity index (χ2n) is 7.88. The molecule has 0 bridgehead atoms. The van der Waals surface area contributed by atoms with E-state index < -0.39 is 10.0 Å². The third-order valence-electron chi connectivity index (χ3n) is 5.30. The maximum atomic E-state index is 13.4. The molecular weight excluding hydrogens is 458 g/mol. The van der Waals surface area contributed by atoms with Gasteiger partial charge in [-0.05, 0) is 55.0 Å². The largest absolute Gasteiger partial charge is 0.497 e. The summed E-state index contributed by atoms with van der Waals surface area (Å²) in [6, 6.07) is 11.5. The van der Waals surface area contributed by atoms with E-state index >= 15 is 0 Å². The number of carbonyl (C=O) groups excluding carboxylic acids is 1. The van der Waals surface area contributed by atoms with Gasteiger partial charge in [0.1, 0.15) is 17.2 Å². The molecule has 2 aromatic carbocycles. The van der Waals surface area contributed by atoms with Crippen molar-refractivity contribution in [3.63, 3.8) is 0 Å². The number of amides is 1. The van der Waals surface area contributed by atoms with Crippen molar-refractivity contribution in [2.75, 3.05) is 48.4 Å². The van der Waals surface area contributed by atoms with Crippen molar-refractivity contribution in [1.29, 1.82) is 0 Å². The number of morpholine rings is 1. The predicted molar refractivity (Wildman–Crippen MR) is 129 cm³/mol. The van der Waals surface area contributed by atoms with E-state index in [-0.39, 0.29) is 17.3 Å². The van der Waals surface area contributed by atoms with Gasteiger partial charge in [-0.3, -0.25) is 14.2 Å². The number of carbonyl (C=O) groups is 1. The molecular formula is C23H27N5O5S. The zero-order valence-electron chi connectivity index (χ0n) is 19.0. The Balaban J connectivity index is 1.61. The number of nitrogens with one attached hydrogen (secondary N) is 2. The van der Waals surface area contributed by atoms with Crippen LogP contribution in [-0.4, -0.2) is 57.5 Å². The first-order valence-electron chi connectivity index (χ1n) is 10.8. The minimum absolute atomic E-state index is 0.0191. The van der Waals surface area contributed by atoms with Crippen LogP contribution in [0.3, 0.4) is 0 Å². The molecule has 2 N–H and O–H groups in total. The van der Waals surface area contributed by atoms with Crippen LogP contribution in [0.4, 0.5) is 17.1 Å². The summed E-state index contributed by atoms with van der Waals surface area (Å²) >= 11 is 0. The van der Waals surface area contributed by atoms with Gasteiger partial charge in [-0.15, -0.1) is 0 Å². The SMILES string of the molecule is COc1ccc(NS(=O)(=O)c2cc(NC(=O)Cn3cc(C)cn3)ccc2N2CCOCC2)cc1. The van der Waals surface area contributed by atoms with Crippen molar-refractivity contribution in [3.05, 3.63) is 60.4 Å². The van der Waals surface area contributed by atoms with Crippen molar-refractivity contribution in [2.45, 2.75) is 18.4 Å². The van der Waals surface area contributed by atoms with E-state index in [9.17, 15) is 13.2 Å². The van der Waals surface area contributed by atoms with Crippen LogP contribution in [0.5, 0.6) is 5.75 Å². The van der Waals surface area contributed by atoms with E-state index in [0.717, 1.165) is 5.56 Å². The van der Waals surface area contributed by atoms with E-state index in [1.807, 2.05) is 11.8 Å². The Morgan fingerprint density at radius 3 is 2.47 bits per heavy atom. The van der Waals surface area contributed by atoms with Crippen LogP contribution in [-0.2, 0) is 26.1 Å². The Hall–Kier alpha value is -3.57. The molecule has 0 saturated carbocycles. The molecule has 11 heteroatoms. The Morgan fingerprint density at radius 2 is 1.82 bits per heavy atom. The minimum Gasteiger partial charge on any atom is -0.497 e. The Morgan fingerprint density at radius 1 is 1.12 bits per heavy atom. The summed E-state index contributed by atoms with van der Waals surface area (Å²) in [4.78, 5) is 14.5. The Kier molecular flexibility index (Phi) is 7.03. The molecule has 4 rings (SSSR count). The molecule has 34 heavy (non-hydrogen) atoms. The van der Waals surface area contributed by atoms with Gasteiger partial charge in [0.05, 0.1) is 32.2 Å². The van der Waals surface area contributed by atoms with Crippen molar-refractivity contribution in [3.8, 4) is 5.75 Å². The van der Waals surface area contributed by atoms with Gasteiger partial charge in [0.2, 0.25) is 5.91 Å². The number of anilines is 3. The maximum Gasteiger partial charge on any atom is 0.264 e. The highest BCUT2D eigenvalue weighted by Gasteiger charge is 2.24. The summed E-state index contributed by atoms with van der Waals surface area (Å²) in [5, 5.41) is 6.88. The van der Waals surface area contributed by atoms with Gasteiger partial charge in [-0.1, -0.05) is 0 Å². The molecule has 2 heterocycles. The summed E-state index contributed by atoms with van der Waals surface area (Å²) in [6.45, 7) is 4.05. The lowest BCUT2D eigenvalue weighted by atomic mass is 10.2. The fourth-order valence-electron chi connectivity index (χ4n) is 3.64. The number of hydrogen-bond donors (Lipinski definition) is 2. The molecule has 1 saturated heterocycles. The third kappa shape index (κ3) is 5.67. The van der Waals surface area contributed by atoms with Gasteiger partial charge < -0.3 is 19.7 Å². The van der Waals surface area contributed by atoms with Crippen LogP contribution in [0.2, 0.25) is 0 Å². The van der Waals surface area contributed by atoms with Gasteiger partial charge in [-0.25, -0.2) is 8.42 Å². The van der Waals surface area contributed by atoms with E-state index in [1.165, 1.54) is 10.7 Å². The first-order valence-corrected chi connectivity index (χ1v) is 12.2. The predicted octanol–water partition coefficient (Wildman–Crippen LogP) is 2.48. The monoisotopic (exact) mass is 485 g/mol. The average Bonchev–Trinajstić information content (AvgIpc) is 3.24. The fourth-order valence-corrected chi connectivity index (χ4v) is 4.95. The van der Waals surface area contributed by atoms with Crippen LogP contribution >= 0.6 is 0 Å². The van der Waals surface area contributed by atoms with Crippen molar-refractivity contribution < 1.29 is 22.7 Å². The molecule has 0 spiro atoms. The highest BCUT2D eigenvalue weighted by molar-refractivity contribution is 7.92. The molecule has 3 aromatic rings. The second kappa shape index (κ2) is 10.1. The third-order valence-corrected chi connectivity index (χ3v) is 6.71. The molecule has 0 unspecified atom stereocenters. The molecule has 1 aliphatic heterocycles. The standard InChI is InChI=1S/C23H27N5O5S/c1-17-14-24-28(15-17)16-23(29)25-19-5-8-21(27-9-11-33-12-10-27)22(13-19)34(30,31)26-18-3-6-20(32-2)7-4-18/h3-8,13-15,26H,9-12,16H2,1-2H3,(H,25,29). The summed E-state index contributed by atoms with van der Waals surface area (Å²) in [5.74, 6) is 0.308. The first kappa shape index (κ1) is 23.6. The zero-order valence-corrected chi connectivity index (χ0v) is 19.8. The van der Waals surface area contributed by atoms with E-state index in [4.69, 9.17) is 9.47 Å². The number of benzene rings is 2. The van der Waals surface area contributed by atoms with Gasteiger partial charge >= 0.3 is 0 Å². The fraction of sp³-hybridized carbons (Fsp3) is 0.304. The highest BCUT2D eigenvalue weighted by atomic mass is 32.2. The number of hydrogen-bond acceptors (Lipinski definition) is 7. The van der Waals surface area contributed by atoms with Crippen molar-refractivity contribution in [1.82, 2.24) is 9.78 Å². The van der Waals surface area contributed by atoms with Crippen LogP contribution in [0.1, 0.15) is 5.56 Å². The van der Waals surface area contributed by atoms with Crippen LogP contribution in [0.15, 0.2) is 59.8 Å². The molecule has 1 aromatic heterocycles. The Labute approximate surface area is 198 Å². The summed E-state index contributed by atoms with van der Waals surface area (Å²) < 4.78 is 41.5. The molecule has 0 atom stereocenters. The summed E-state index contributed by atoms with van der Waals surface area (Å²) in [5.41, 5.74) is 2.27. The zero-order chi connectivity index (χ0) is 24.1. The van der Waals surface area contributed by atoms with Gasteiger partial charge in [0, 0.05) is 30.7 Å². The smallest absolute Gasteiger partial charge is 0.264 e. The number of aromatic nitrogens is 2. The quantitative estimate of drug-likeness (QED) is 0.504. The maximum absolute atomic E-state index is 13.4. The lowest BCUT2D eigenvalue weighted by molar-refractivity contribution is -0.116. The lowest BCUT2D eigenvalue weighted by Gasteiger charge is -2.30. The normalized spacial score (nSPS) is 14.0. The molecule has 1 fully saturated rings. The number of sulfonamides is 1. The number of methoxy groups -OCH3 is 1. The lowest BCUT2D eigenvalue weighted by Crippen LogP contribution is -2.37. The number of rotatable bonds is 8. The summed E-state index contributed by atoms with van der Waals surface area (Å²) in [7, 11) is -2.43. The minimum atomic E-state index is -3.97. The van der Waals surface area contributed by atoms with Gasteiger partial charge in [0.15, 0.2) is 0 Å². The number of nitrogens with zero attached hydrogens (tertiary/aromatic N) is 3. The number of ether oxygens (including phenoxy) is 2. The van der Waals surface area contributed by atoms with E-state index in [2.05, 4.69) is 15.1 Å². The van der Waals surface area contributed by atoms with E-state index in [1.54, 1.807) is 55.9 Å². The molecule has 0 aliphatic carbocycles. The van der Waals surface area contributed by atoms with Crippen LogP contribution < -0.4 is 19.7 Å². The van der Waals surface area contributed by atoms with Gasteiger partial charge in [-0.2, -0.15) is 5.10 Å². The van der Waals surface area contributed by atoms with Crippen molar-refractivity contribution in [2.24, 2.45) is 0 Å². The topological polar surface area (TPSA) is 115 Å². The Bertz CT molecular complexity index is 1250. The second-order valence-corrected chi connectivity index (χ2v) is 9.53. The summed E-state index contributed by atoms with van der Waals surface area (Å²) in [6.07, 6.45) is 3.43. The molecule has 1 amide bonds. The molecule has 180 valence electrons. The molecule has 0 radical (unpaired) electrons. The average molecular weight is 486 g/mol. The molecule has 1 aliphatic rings. The highest BCUT2D eigenvalue weighted by Crippen LogP contribution is 2.31. The first-order chi connectivity index (χ1) is 16.3. The number of aryl methyl sites for hydroxylation is 1. The van der Waals surface area contributed by atoms with E-state index in [0.29, 0.717) is 49.1 Å². The van der Waals surface area contributed by atoms with Crippen molar-refractivity contribution >= 4 is 33.0 Å². The van der Waals surface area contributed by atoms with Crippen LogP contribution in [0, 0.1) is 6.92 Å².